The monoisotopic (exact) mass is 465 g/mol. The van der Waals surface area contributed by atoms with Gasteiger partial charge in [-0.2, -0.15) is 0 Å². The Labute approximate surface area is 182 Å². The highest BCUT2D eigenvalue weighted by Gasteiger charge is 2.11. The lowest BCUT2D eigenvalue weighted by molar-refractivity contribution is 0.355. The SMILES string of the molecule is COc1ccc(N=c2cc(-c3ccc(OC)c(OC)c3)oc3ccc(Br)cc23)cc1. The number of halogens is 1. The lowest BCUT2D eigenvalue weighted by Crippen LogP contribution is -2.03. The third-order valence-corrected chi connectivity index (χ3v) is 5.19. The second-order valence-electron chi connectivity index (χ2n) is 6.52. The molecular formula is C24H20BrNO4. The van der Waals surface area contributed by atoms with Crippen molar-refractivity contribution in [1.82, 2.24) is 0 Å². The quantitative estimate of drug-likeness (QED) is 0.356. The van der Waals surface area contributed by atoms with E-state index in [0.717, 1.165) is 37.8 Å². The topological polar surface area (TPSA) is 53.2 Å². The Morgan fingerprint density at radius 1 is 0.767 bits per heavy atom. The number of nitrogens with zero attached hydrogens (tertiary/aromatic N) is 1. The fraction of sp³-hybridized carbons (Fsp3) is 0.125. The Hall–Kier alpha value is -3.25. The van der Waals surface area contributed by atoms with E-state index < -0.39 is 0 Å². The smallest absolute Gasteiger partial charge is 0.161 e. The van der Waals surface area contributed by atoms with E-state index in [0.29, 0.717) is 17.3 Å². The van der Waals surface area contributed by atoms with Crippen molar-refractivity contribution in [2.75, 3.05) is 21.3 Å². The van der Waals surface area contributed by atoms with Crippen LogP contribution in [0.5, 0.6) is 17.2 Å². The van der Waals surface area contributed by atoms with Gasteiger partial charge in [-0.25, -0.2) is 4.99 Å². The average Bonchev–Trinajstić information content (AvgIpc) is 2.79. The maximum atomic E-state index is 6.19. The van der Waals surface area contributed by atoms with Crippen molar-refractivity contribution in [3.8, 4) is 28.6 Å². The first-order chi connectivity index (χ1) is 14.6. The van der Waals surface area contributed by atoms with Crippen molar-refractivity contribution in [1.29, 1.82) is 0 Å². The highest BCUT2D eigenvalue weighted by molar-refractivity contribution is 9.10. The molecule has 0 saturated heterocycles. The molecule has 0 bridgehead atoms. The highest BCUT2D eigenvalue weighted by atomic mass is 79.9. The number of ether oxygens (including phenoxy) is 3. The summed E-state index contributed by atoms with van der Waals surface area (Å²) >= 11 is 3.54. The van der Waals surface area contributed by atoms with Crippen LogP contribution < -0.4 is 19.6 Å². The van der Waals surface area contributed by atoms with Crippen molar-refractivity contribution in [3.05, 3.63) is 76.6 Å². The highest BCUT2D eigenvalue weighted by Crippen LogP contribution is 2.33. The van der Waals surface area contributed by atoms with E-state index in [2.05, 4.69) is 15.9 Å². The molecule has 5 nitrogen and oxygen atoms in total. The second kappa shape index (κ2) is 8.63. The van der Waals surface area contributed by atoms with Gasteiger partial charge in [0.15, 0.2) is 11.5 Å². The summed E-state index contributed by atoms with van der Waals surface area (Å²) in [6.07, 6.45) is 0. The predicted octanol–water partition coefficient (Wildman–Crippen LogP) is 6.12. The first-order valence-corrected chi connectivity index (χ1v) is 10.0. The minimum Gasteiger partial charge on any atom is -0.497 e. The fourth-order valence-electron chi connectivity index (χ4n) is 3.16. The summed E-state index contributed by atoms with van der Waals surface area (Å²) < 4.78 is 23.2. The Bertz CT molecular complexity index is 1260. The summed E-state index contributed by atoms with van der Waals surface area (Å²) in [4.78, 5) is 4.86. The third-order valence-electron chi connectivity index (χ3n) is 4.70. The molecule has 6 heteroatoms. The fourth-order valence-corrected chi connectivity index (χ4v) is 3.52. The van der Waals surface area contributed by atoms with Crippen LogP contribution in [0.2, 0.25) is 0 Å². The number of rotatable bonds is 5. The summed E-state index contributed by atoms with van der Waals surface area (Å²) in [6.45, 7) is 0. The van der Waals surface area contributed by atoms with E-state index >= 15 is 0 Å². The summed E-state index contributed by atoms with van der Waals surface area (Å²) in [5, 5.41) is 1.71. The van der Waals surface area contributed by atoms with E-state index in [4.69, 9.17) is 23.6 Å². The van der Waals surface area contributed by atoms with Gasteiger partial charge in [0.1, 0.15) is 17.1 Å². The van der Waals surface area contributed by atoms with Gasteiger partial charge in [0.2, 0.25) is 0 Å². The van der Waals surface area contributed by atoms with Crippen molar-refractivity contribution < 1.29 is 18.6 Å². The molecule has 0 saturated carbocycles. The molecular weight excluding hydrogens is 446 g/mol. The van der Waals surface area contributed by atoms with Crippen LogP contribution in [0.4, 0.5) is 5.69 Å². The normalized spacial score (nSPS) is 11.5. The maximum Gasteiger partial charge on any atom is 0.161 e. The van der Waals surface area contributed by atoms with Gasteiger partial charge in [0.05, 0.1) is 32.4 Å². The number of fused-ring (bicyclic) bond motifs is 1. The molecule has 152 valence electrons. The summed E-state index contributed by atoms with van der Waals surface area (Å²) in [6, 6.07) is 21.1. The molecule has 0 N–H and O–H groups in total. The van der Waals surface area contributed by atoms with Crippen LogP contribution in [0.1, 0.15) is 0 Å². The first-order valence-electron chi connectivity index (χ1n) is 9.26. The average molecular weight is 466 g/mol. The molecule has 4 aromatic rings. The lowest BCUT2D eigenvalue weighted by Gasteiger charge is -2.10. The first kappa shape index (κ1) is 20.0. The van der Waals surface area contributed by atoms with Crippen LogP contribution in [0.3, 0.4) is 0 Å². The zero-order chi connectivity index (χ0) is 21.1. The molecule has 3 aromatic carbocycles. The Balaban J connectivity index is 1.92. The van der Waals surface area contributed by atoms with E-state index in [9.17, 15) is 0 Å². The van der Waals surface area contributed by atoms with Gasteiger partial charge >= 0.3 is 0 Å². The molecule has 0 fully saturated rings. The number of hydrogen-bond donors (Lipinski definition) is 0. The molecule has 1 aromatic heterocycles. The van der Waals surface area contributed by atoms with E-state index in [1.165, 1.54) is 0 Å². The van der Waals surface area contributed by atoms with Crippen LogP contribution in [-0.4, -0.2) is 21.3 Å². The number of benzene rings is 3. The van der Waals surface area contributed by atoms with Crippen molar-refractivity contribution in [2.45, 2.75) is 0 Å². The number of methoxy groups -OCH3 is 3. The summed E-state index contributed by atoms with van der Waals surface area (Å²) in [5.41, 5.74) is 2.42. The van der Waals surface area contributed by atoms with Gasteiger partial charge in [-0.3, -0.25) is 0 Å². The summed E-state index contributed by atoms with van der Waals surface area (Å²) in [7, 11) is 4.87. The Morgan fingerprint density at radius 3 is 2.23 bits per heavy atom. The molecule has 0 aliphatic heterocycles. The van der Waals surface area contributed by atoms with Gasteiger partial charge in [-0.1, -0.05) is 15.9 Å². The Morgan fingerprint density at radius 2 is 1.53 bits per heavy atom. The molecule has 0 amide bonds. The molecule has 0 radical (unpaired) electrons. The van der Waals surface area contributed by atoms with Gasteiger partial charge < -0.3 is 18.6 Å². The molecule has 0 atom stereocenters. The standard InChI is InChI=1S/C24H20BrNO4/c1-27-18-8-6-17(7-9-18)26-20-14-23(30-21-11-5-16(25)13-19(20)21)15-4-10-22(28-2)24(12-15)29-3/h4-14H,1-3H3. The zero-order valence-corrected chi connectivity index (χ0v) is 18.4. The molecule has 0 spiro atoms. The van der Waals surface area contributed by atoms with Crippen molar-refractivity contribution >= 4 is 32.6 Å². The van der Waals surface area contributed by atoms with E-state index in [-0.39, 0.29) is 0 Å². The third kappa shape index (κ3) is 4.04. The van der Waals surface area contributed by atoms with Gasteiger partial charge in [0, 0.05) is 21.5 Å². The second-order valence-corrected chi connectivity index (χ2v) is 7.43. The molecule has 1 heterocycles. The maximum absolute atomic E-state index is 6.19. The van der Waals surface area contributed by atoms with E-state index in [1.807, 2.05) is 66.7 Å². The molecule has 0 unspecified atom stereocenters. The number of hydrogen-bond acceptors (Lipinski definition) is 5. The zero-order valence-electron chi connectivity index (χ0n) is 16.8. The van der Waals surface area contributed by atoms with Crippen LogP contribution >= 0.6 is 15.9 Å². The summed E-state index contributed by atoms with van der Waals surface area (Å²) in [5.74, 6) is 2.76. The van der Waals surface area contributed by atoms with Gasteiger partial charge in [0.25, 0.3) is 0 Å². The molecule has 0 aliphatic rings. The molecule has 0 aliphatic carbocycles. The van der Waals surface area contributed by atoms with Crippen LogP contribution in [-0.2, 0) is 0 Å². The van der Waals surface area contributed by atoms with Gasteiger partial charge in [-0.05, 0) is 60.7 Å². The van der Waals surface area contributed by atoms with Crippen molar-refractivity contribution in [3.63, 3.8) is 0 Å². The Kier molecular flexibility index (Phi) is 5.77. The molecule has 30 heavy (non-hydrogen) atoms. The largest absolute Gasteiger partial charge is 0.497 e. The predicted molar refractivity (Wildman–Crippen MR) is 121 cm³/mol. The minimum atomic E-state index is 0.634. The molecule has 4 rings (SSSR count). The van der Waals surface area contributed by atoms with Crippen molar-refractivity contribution in [2.24, 2.45) is 4.99 Å². The van der Waals surface area contributed by atoms with Gasteiger partial charge in [-0.15, -0.1) is 0 Å². The van der Waals surface area contributed by atoms with E-state index in [1.54, 1.807) is 21.3 Å². The minimum absolute atomic E-state index is 0.634. The van der Waals surface area contributed by atoms with Crippen LogP contribution in [0.25, 0.3) is 22.3 Å². The lowest BCUT2D eigenvalue weighted by atomic mass is 10.1. The van der Waals surface area contributed by atoms with Crippen LogP contribution in [0.15, 0.2) is 80.6 Å². The van der Waals surface area contributed by atoms with Crippen LogP contribution in [0, 0.1) is 0 Å².